The maximum atomic E-state index is 12.2. The molecule has 5 heteroatoms. The molecule has 0 aliphatic carbocycles. The lowest BCUT2D eigenvalue weighted by atomic mass is 10.1. The summed E-state index contributed by atoms with van der Waals surface area (Å²) in [5.74, 6) is 0.822. The molecule has 21 heavy (non-hydrogen) atoms. The summed E-state index contributed by atoms with van der Waals surface area (Å²) in [6.45, 7) is 16.6. The van der Waals surface area contributed by atoms with Gasteiger partial charge in [-0.05, 0) is 30.5 Å². The van der Waals surface area contributed by atoms with E-state index in [4.69, 9.17) is 4.43 Å². The van der Waals surface area contributed by atoms with Gasteiger partial charge >= 0.3 is 0 Å². The van der Waals surface area contributed by atoms with Gasteiger partial charge in [-0.25, -0.2) is 0 Å². The van der Waals surface area contributed by atoms with Crippen molar-refractivity contribution in [3.8, 4) is 0 Å². The summed E-state index contributed by atoms with van der Waals surface area (Å²) >= 11 is 0. The molecule has 0 spiro atoms. The van der Waals surface area contributed by atoms with E-state index in [0.29, 0.717) is 18.4 Å². The van der Waals surface area contributed by atoms with Crippen molar-refractivity contribution in [3.63, 3.8) is 0 Å². The second kappa shape index (κ2) is 5.67. The molecule has 0 aromatic carbocycles. The lowest BCUT2D eigenvalue weighted by Crippen LogP contribution is -2.57. The molecular formula is C16H32N2O2Si. The van der Waals surface area contributed by atoms with Crippen LogP contribution in [0.3, 0.4) is 0 Å². The summed E-state index contributed by atoms with van der Waals surface area (Å²) < 4.78 is 6.62. The predicted octanol–water partition coefficient (Wildman–Crippen LogP) is 2.95. The quantitative estimate of drug-likeness (QED) is 0.815. The first-order valence-corrected chi connectivity index (χ1v) is 11.2. The fraction of sp³-hybridized carbons (Fsp3) is 0.938. The number of rotatable bonds is 3. The second-order valence-electron chi connectivity index (χ2n) is 8.46. The van der Waals surface area contributed by atoms with E-state index in [1.165, 1.54) is 0 Å². The Morgan fingerprint density at radius 3 is 2.48 bits per heavy atom. The topological polar surface area (TPSA) is 41.6 Å². The highest BCUT2D eigenvalue weighted by Crippen LogP contribution is 2.39. The summed E-state index contributed by atoms with van der Waals surface area (Å²) in [4.78, 5) is 14.2. The molecule has 1 amide bonds. The van der Waals surface area contributed by atoms with E-state index in [1.54, 1.807) is 0 Å². The fourth-order valence-electron chi connectivity index (χ4n) is 2.90. The van der Waals surface area contributed by atoms with E-state index in [0.717, 1.165) is 13.0 Å². The Morgan fingerprint density at radius 1 is 1.33 bits per heavy atom. The van der Waals surface area contributed by atoms with Crippen LogP contribution >= 0.6 is 0 Å². The minimum atomic E-state index is -1.80. The largest absolute Gasteiger partial charge is 0.410 e. The molecule has 2 fully saturated rings. The van der Waals surface area contributed by atoms with E-state index >= 15 is 0 Å². The number of fused-ring (bicyclic) bond motifs is 1. The molecule has 0 aromatic rings. The monoisotopic (exact) mass is 312 g/mol. The van der Waals surface area contributed by atoms with Gasteiger partial charge in [0.2, 0.25) is 5.91 Å². The number of hydrogen-bond acceptors (Lipinski definition) is 3. The van der Waals surface area contributed by atoms with Crippen LogP contribution in [0.5, 0.6) is 0 Å². The molecule has 2 rings (SSSR count). The van der Waals surface area contributed by atoms with Gasteiger partial charge in [-0.3, -0.25) is 10.1 Å². The van der Waals surface area contributed by atoms with Gasteiger partial charge < -0.3 is 9.33 Å². The lowest BCUT2D eigenvalue weighted by Gasteiger charge is -2.44. The Balaban J connectivity index is 2.13. The van der Waals surface area contributed by atoms with Crippen LogP contribution in [0, 0.1) is 5.92 Å². The minimum absolute atomic E-state index is 0.0766. The molecule has 0 saturated carbocycles. The van der Waals surface area contributed by atoms with E-state index in [-0.39, 0.29) is 23.2 Å². The predicted molar refractivity (Wildman–Crippen MR) is 88.6 cm³/mol. The number of hydrogen-bond donors (Lipinski definition) is 1. The number of piperidine rings is 1. The third kappa shape index (κ3) is 3.35. The molecule has 3 unspecified atom stereocenters. The van der Waals surface area contributed by atoms with Crippen LogP contribution in [0.25, 0.3) is 0 Å². The molecule has 0 radical (unpaired) electrons. The van der Waals surface area contributed by atoms with Crippen molar-refractivity contribution in [1.29, 1.82) is 0 Å². The highest BCUT2D eigenvalue weighted by atomic mass is 28.4. The Kier molecular flexibility index (Phi) is 4.58. The van der Waals surface area contributed by atoms with Crippen molar-refractivity contribution in [2.24, 2.45) is 5.92 Å². The number of carbonyl (C=O) groups is 1. The van der Waals surface area contributed by atoms with E-state index in [9.17, 15) is 4.79 Å². The SMILES string of the molecule is CC(C)C1CN2C(=O)CCC(O[Si](C)(C)C(C)(C)C)C2N1. The van der Waals surface area contributed by atoms with Crippen molar-refractivity contribution in [3.05, 3.63) is 0 Å². The highest BCUT2D eigenvalue weighted by molar-refractivity contribution is 6.74. The summed E-state index contributed by atoms with van der Waals surface area (Å²) in [6.07, 6.45) is 1.70. The molecule has 2 heterocycles. The van der Waals surface area contributed by atoms with Crippen molar-refractivity contribution >= 4 is 14.2 Å². The molecule has 2 saturated heterocycles. The summed E-state index contributed by atoms with van der Waals surface area (Å²) in [5, 5.41) is 3.85. The molecule has 1 N–H and O–H groups in total. The van der Waals surface area contributed by atoms with Crippen LogP contribution in [0.1, 0.15) is 47.5 Å². The van der Waals surface area contributed by atoms with Crippen molar-refractivity contribution in [1.82, 2.24) is 10.2 Å². The fourth-order valence-corrected chi connectivity index (χ4v) is 4.26. The maximum absolute atomic E-state index is 12.2. The number of nitrogens with one attached hydrogen (secondary N) is 1. The molecule has 2 aliphatic heterocycles. The lowest BCUT2D eigenvalue weighted by molar-refractivity contribution is -0.139. The first-order valence-electron chi connectivity index (χ1n) is 8.26. The molecule has 0 bridgehead atoms. The van der Waals surface area contributed by atoms with E-state index < -0.39 is 8.32 Å². The van der Waals surface area contributed by atoms with Crippen LogP contribution in [-0.2, 0) is 9.22 Å². The molecule has 3 atom stereocenters. The smallest absolute Gasteiger partial charge is 0.224 e. The third-order valence-electron chi connectivity index (χ3n) is 5.49. The average molecular weight is 313 g/mol. The number of carbonyl (C=O) groups excluding carboxylic acids is 1. The van der Waals surface area contributed by atoms with Crippen LogP contribution in [0.4, 0.5) is 0 Å². The number of nitrogens with zero attached hydrogens (tertiary/aromatic N) is 1. The Morgan fingerprint density at radius 2 is 1.95 bits per heavy atom. The third-order valence-corrected chi connectivity index (χ3v) is 9.99. The van der Waals surface area contributed by atoms with Crippen LogP contribution in [-0.4, -0.2) is 44.0 Å². The molecule has 0 aromatic heterocycles. The van der Waals surface area contributed by atoms with Gasteiger partial charge in [0, 0.05) is 19.0 Å². The first-order chi connectivity index (χ1) is 9.53. The second-order valence-corrected chi connectivity index (χ2v) is 13.2. The van der Waals surface area contributed by atoms with Gasteiger partial charge in [-0.15, -0.1) is 0 Å². The molecule has 2 aliphatic rings. The van der Waals surface area contributed by atoms with Crippen molar-refractivity contribution in [2.75, 3.05) is 6.54 Å². The Labute approximate surface area is 130 Å². The van der Waals surface area contributed by atoms with Gasteiger partial charge in [-0.1, -0.05) is 34.6 Å². The minimum Gasteiger partial charge on any atom is -0.410 e. The van der Waals surface area contributed by atoms with Crippen LogP contribution in [0.2, 0.25) is 18.1 Å². The first kappa shape index (κ1) is 17.0. The van der Waals surface area contributed by atoms with Gasteiger partial charge in [0.15, 0.2) is 8.32 Å². The molecule has 4 nitrogen and oxygen atoms in total. The zero-order chi connectivity index (χ0) is 16.0. The van der Waals surface area contributed by atoms with Crippen molar-refractivity contribution in [2.45, 2.75) is 83.9 Å². The summed E-state index contributed by atoms with van der Waals surface area (Å²) in [6, 6.07) is 0.391. The standard InChI is InChI=1S/C16H32N2O2Si/c1-11(2)12-10-18-14(19)9-8-13(15(18)17-12)20-21(6,7)16(3,4)5/h11-13,15,17H,8-10H2,1-7H3. The van der Waals surface area contributed by atoms with Gasteiger partial charge in [0.1, 0.15) is 6.17 Å². The Hall–Kier alpha value is -0.393. The average Bonchev–Trinajstić information content (AvgIpc) is 2.77. The molecule has 122 valence electrons. The van der Waals surface area contributed by atoms with Gasteiger partial charge in [0.25, 0.3) is 0 Å². The van der Waals surface area contributed by atoms with Crippen molar-refractivity contribution < 1.29 is 9.22 Å². The van der Waals surface area contributed by atoms with Gasteiger partial charge in [0.05, 0.1) is 6.10 Å². The molecular weight excluding hydrogens is 280 g/mol. The van der Waals surface area contributed by atoms with Gasteiger partial charge in [-0.2, -0.15) is 0 Å². The normalized spacial score (nSPS) is 31.0. The van der Waals surface area contributed by atoms with Crippen LogP contribution < -0.4 is 5.32 Å². The Bertz CT molecular complexity index is 404. The highest BCUT2D eigenvalue weighted by Gasteiger charge is 2.47. The summed E-state index contributed by atoms with van der Waals surface area (Å²) in [7, 11) is -1.80. The zero-order valence-electron chi connectivity index (χ0n) is 14.7. The summed E-state index contributed by atoms with van der Waals surface area (Å²) in [5.41, 5.74) is 0. The zero-order valence-corrected chi connectivity index (χ0v) is 15.7. The van der Waals surface area contributed by atoms with Crippen LogP contribution in [0.15, 0.2) is 0 Å². The van der Waals surface area contributed by atoms with E-state index in [2.05, 4.69) is 53.0 Å². The van der Waals surface area contributed by atoms with E-state index in [1.807, 2.05) is 4.90 Å². The number of amides is 1. The maximum Gasteiger partial charge on any atom is 0.224 e.